The van der Waals surface area contributed by atoms with E-state index in [-0.39, 0.29) is 25.3 Å². The summed E-state index contributed by atoms with van der Waals surface area (Å²) >= 11 is 1.49. The summed E-state index contributed by atoms with van der Waals surface area (Å²) < 4.78 is 31.4. The van der Waals surface area contributed by atoms with Crippen LogP contribution in [0.15, 0.2) is 35.0 Å². The third-order valence-corrected chi connectivity index (χ3v) is 3.66. The van der Waals surface area contributed by atoms with E-state index in [1.165, 1.54) is 17.4 Å². The molecule has 2 N–H and O–H groups in total. The molecule has 22 heavy (non-hydrogen) atoms. The Morgan fingerprint density at radius 1 is 1.32 bits per heavy atom. The fourth-order valence-electron chi connectivity index (χ4n) is 1.85. The number of aliphatic hydroxyl groups is 1. The summed E-state index contributed by atoms with van der Waals surface area (Å²) in [5.74, 6) is -2.59. The molecule has 0 bridgehead atoms. The van der Waals surface area contributed by atoms with Crippen molar-refractivity contribution in [3.63, 3.8) is 0 Å². The van der Waals surface area contributed by atoms with Crippen LogP contribution in [-0.2, 0) is 4.74 Å². The van der Waals surface area contributed by atoms with Crippen LogP contribution >= 0.6 is 11.3 Å². The Balaban J connectivity index is 1.99. The van der Waals surface area contributed by atoms with Crippen LogP contribution in [0.3, 0.4) is 0 Å². The van der Waals surface area contributed by atoms with Crippen LogP contribution < -0.4 is 5.32 Å². The molecule has 4 nitrogen and oxygen atoms in total. The number of ether oxygens (including phenoxy) is 1. The molecule has 0 saturated carbocycles. The monoisotopic (exact) mass is 327 g/mol. The first kappa shape index (κ1) is 16.5. The number of hydrogen-bond acceptors (Lipinski definition) is 4. The van der Waals surface area contributed by atoms with Crippen molar-refractivity contribution in [1.29, 1.82) is 0 Å². The predicted molar refractivity (Wildman–Crippen MR) is 78.8 cm³/mol. The highest BCUT2D eigenvalue weighted by Gasteiger charge is 2.15. The van der Waals surface area contributed by atoms with E-state index >= 15 is 0 Å². The molecule has 2 rings (SSSR count). The molecule has 118 valence electrons. The van der Waals surface area contributed by atoms with Gasteiger partial charge in [-0.2, -0.15) is 11.3 Å². The first-order chi connectivity index (χ1) is 10.6. The second-order valence-corrected chi connectivity index (χ2v) is 5.26. The summed E-state index contributed by atoms with van der Waals surface area (Å²) in [4.78, 5) is 12.0. The molecule has 0 aliphatic rings. The third kappa shape index (κ3) is 4.33. The summed E-state index contributed by atoms with van der Waals surface area (Å²) in [6.07, 6.45) is -0.410. The Morgan fingerprint density at radius 2 is 2.14 bits per heavy atom. The van der Waals surface area contributed by atoms with Gasteiger partial charge in [0.2, 0.25) is 0 Å². The SMILES string of the molecule is O=C(NCC(OCCO)c1ccsc1)c1ccc(F)c(F)c1. The highest BCUT2D eigenvalue weighted by molar-refractivity contribution is 7.07. The second-order valence-electron chi connectivity index (χ2n) is 4.48. The van der Waals surface area contributed by atoms with Crippen LogP contribution in [0.1, 0.15) is 22.0 Å². The first-order valence-corrected chi connectivity index (χ1v) is 7.54. The van der Waals surface area contributed by atoms with E-state index in [2.05, 4.69) is 5.32 Å². The molecule has 0 saturated heterocycles. The Labute approximate surface area is 130 Å². The minimum absolute atomic E-state index is 0.0325. The highest BCUT2D eigenvalue weighted by atomic mass is 32.1. The van der Waals surface area contributed by atoms with Gasteiger partial charge in [-0.05, 0) is 40.6 Å². The van der Waals surface area contributed by atoms with Crippen LogP contribution in [0.25, 0.3) is 0 Å². The Morgan fingerprint density at radius 3 is 2.77 bits per heavy atom. The van der Waals surface area contributed by atoms with Crippen molar-refractivity contribution in [3.05, 3.63) is 57.8 Å². The van der Waals surface area contributed by atoms with E-state index in [4.69, 9.17) is 9.84 Å². The number of halogens is 2. The summed E-state index contributed by atoms with van der Waals surface area (Å²) in [5, 5.41) is 15.2. The van der Waals surface area contributed by atoms with E-state index in [0.717, 1.165) is 17.7 Å². The third-order valence-electron chi connectivity index (χ3n) is 2.96. The number of benzene rings is 1. The summed E-state index contributed by atoms with van der Waals surface area (Å²) in [7, 11) is 0. The van der Waals surface area contributed by atoms with Gasteiger partial charge in [0, 0.05) is 12.1 Å². The lowest BCUT2D eigenvalue weighted by Gasteiger charge is -2.17. The summed E-state index contributed by atoms with van der Waals surface area (Å²) in [6, 6.07) is 4.82. The average molecular weight is 327 g/mol. The number of aliphatic hydroxyl groups excluding tert-OH is 1. The van der Waals surface area contributed by atoms with E-state index < -0.39 is 23.6 Å². The maximum atomic E-state index is 13.1. The molecule has 1 aromatic heterocycles. The summed E-state index contributed by atoms with van der Waals surface area (Å²) in [5.41, 5.74) is 0.911. The van der Waals surface area contributed by atoms with Gasteiger partial charge in [0.25, 0.3) is 5.91 Å². The standard InChI is InChI=1S/C15H15F2NO3S/c16-12-2-1-10(7-13(12)17)15(20)18-8-14(21-5-4-19)11-3-6-22-9-11/h1-3,6-7,9,14,19H,4-5,8H2,(H,18,20). The van der Waals surface area contributed by atoms with Crippen LogP contribution in [0.4, 0.5) is 8.78 Å². The predicted octanol–water partition coefficient (Wildman–Crippen LogP) is 2.51. The lowest BCUT2D eigenvalue weighted by atomic mass is 10.1. The van der Waals surface area contributed by atoms with E-state index in [1.54, 1.807) is 0 Å². The molecule has 0 spiro atoms. The Kier molecular flexibility index (Phi) is 6.00. The van der Waals surface area contributed by atoms with E-state index in [9.17, 15) is 13.6 Å². The topological polar surface area (TPSA) is 58.6 Å². The lowest BCUT2D eigenvalue weighted by molar-refractivity contribution is 0.0279. The van der Waals surface area contributed by atoms with Gasteiger partial charge < -0.3 is 15.2 Å². The number of hydrogen-bond donors (Lipinski definition) is 2. The molecule has 0 fully saturated rings. The molecular weight excluding hydrogens is 312 g/mol. The van der Waals surface area contributed by atoms with Gasteiger partial charge in [-0.1, -0.05) is 0 Å². The van der Waals surface area contributed by atoms with Crippen molar-refractivity contribution < 1.29 is 23.4 Å². The Bertz CT molecular complexity index is 619. The fraction of sp³-hybridized carbons (Fsp3) is 0.267. The smallest absolute Gasteiger partial charge is 0.251 e. The highest BCUT2D eigenvalue weighted by Crippen LogP contribution is 2.19. The lowest BCUT2D eigenvalue weighted by Crippen LogP contribution is -2.30. The quantitative estimate of drug-likeness (QED) is 0.821. The summed E-state index contributed by atoms with van der Waals surface area (Å²) in [6.45, 7) is 0.174. The normalized spacial score (nSPS) is 12.1. The number of thiophene rings is 1. The number of amides is 1. The molecule has 1 heterocycles. The molecule has 1 atom stereocenters. The molecule has 0 aliphatic heterocycles. The number of rotatable bonds is 7. The second kappa shape index (κ2) is 7.98. The number of carbonyl (C=O) groups excluding carboxylic acids is 1. The van der Waals surface area contributed by atoms with Gasteiger partial charge in [-0.15, -0.1) is 0 Å². The maximum absolute atomic E-state index is 13.1. The molecule has 1 amide bonds. The number of nitrogens with one attached hydrogen (secondary N) is 1. The largest absolute Gasteiger partial charge is 0.394 e. The zero-order valence-corrected chi connectivity index (χ0v) is 12.4. The van der Waals surface area contributed by atoms with E-state index in [1.807, 2.05) is 16.8 Å². The van der Waals surface area contributed by atoms with Crippen molar-refractivity contribution in [3.8, 4) is 0 Å². The zero-order valence-electron chi connectivity index (χ0n) is 11.6. The molecule has 1 unspecified atom stereocenters. The van der Waals surface area contributed by atoms with Gasteiger partial charge in [-0.3, -0.25) is 4.79 Å². The van der Waals surface area contributed by atoms with Crippen LogP contribution in [0.5, 0.6) is 0 Å². The number of carbonyl (C=O) groups is 1. The van der Waals surface area contributed by atoms with Crippen LogP contribution in [-0.4, -0.2) is 30.8 Å². The molecule has 2 aromatic rings. The van der Waals surface area contributed by atoms with Crippen molar-refractivity contribution in [2.45, 2.75) is 6.10 Å². The molecule has 1 aromatic carbocycles. The van der Waals surface area contributed by atoms with Gasteiger partial charge in [0.05, 0.1) is 13.2 Å². The molecular formula is C15H15F2NO3S. The zero-order chi connectivity index (χ0) is 15.9. The maximum Gasteiger partial charge on any atom is 0.251 e. The van der Waals surface area contributed by atoms with Crippen molar-refractivity contribution in [2.75, 3.05) is 19.8 Å². The minimum atomic E-state index is -1.07. The van der Waals surface area contributed by atoms with Gasteiger partial charge in [-0.25, -0.2) is 8.78 Å². The van der Waals surface area contributed by atoms with Crippen LogP contribution in [0.2, 0.25) is 0 Å². The minimum Gasteiger partial charge on any atom is -0.394 e. The van der Waals surface area contributed by atoms with Crippen molar-refractivity contribution in [1.82, 2.24) is 5.32 Å². The van der Waals surface area contributed by atoms with Gasteiger partial charge in [0.1, 0.15) is 6.10 Å². The van der Waals surface area contributed by atoms with Crippen molar-refractivity contribution >= 4 is 17.2 Å². The van der Waals surface area contributed by atoms with Gasteiger partial charge in [0.15, 0.2) is 11.6 Å². The Hall–Kier alpha value is -1.83. The van der Waals surface area contributed by atoms with Gasteiger partial charge >= 0.3 is 0 Å². The fourth-order valence-corrected chi connectivity index (χ4v) is 2.55. The first-order valence-electron chi connectivity index (χ1n) is 6.59. The van der Waals surface area contributed by atoms with Crippen LogP contribution in [0, 0.1) is 11.6 Å². The molecule has 0 radical (unpaired) electrons. The average Bonchev–Trinajstić information content (AvgIpc) is 3.04. The van der Waals surface area contributed by atoms with E-state index in [0.29, 0.717) is 0 Å². The van der Waals surface area contributed by atoms with Crippen molar-refractivity contribution in [2.24, 2.45) is 0 Å². The molecule has 7 heteroatoms. The molecule has 0 aliphatic carbocycles.